The third-order valence-corrected chi connectivity index (χ3v) is 5.00. The van der Waals surface area contributed by atoms with E-state index in [1.54, 1.807) is 4.90 Å². The molecule has 0 unspecified atom stereocenters. The average molecular weight is 350 g/mol. The summed E-state index contributed by atoms with van der Waals surface area (Å²) >= 11 is 5.96. The number of nitrogens with one attached hydrogen (secondary N) is 1. The highest BCUT2D eigenvalue weighted by Gasteiger charge is 2.56. The van der Waals surface area contributed by atoms with Crippen LogP contribution in [0.15, 0.2) is 24.3 Å². The number of primary amides is 1. The lowest BCUT2D eigenvalue weighted by atomic mass is 10.1. The van der Waals surface area contributed by atoms with E-state index in [-0.39, 0.29) is 24.3 Å². The molecule has 24 heavy (non-hydrogen) atoms. The van der Waals surface area contributed by atoms with Crippen LogP contribution < -0.4 is 11.1 Å². The molecule has 1 heterocycles. The Morgan fingerprint density at radius 3 is 2.75 bits per heavy atom. The van der Waals surface area contributed by atoms with Gasteiger partial charge in [0, 0.05) is 24.5 Å². The number of likely N-dealkylation sites (tertiary alicyclic amines) is 1. The first-order chi connectivity index (χ1) is 11.4. The van der Waals surface area contributed by atoms with E-state index in [1.807, 2.05) is 24.3 Å². The highest BCUT2D eigenvalue weighted by Crippen LogP contribution is 2.45. The molecule has 2 aliphatic rings. The van der Waals surface area contributed by atoms with Gasteiger partial charge in [0.05, 0.1) is 6.04 Å². The zero-order valence-corrected chi connectivity index (χ0v) is 14.0. The van der Waals surface area contributed by atoms with Gasteiger partial charge in [-0.2, -0.15) is 0 Å². The summed E-state index contributed by atoms with van der Waals surface area (Å²) in [6, 6.07) is 7.27. The summed E-state index contributed by atoms with van der Waals surface area (Å²) < 4.78 is 0. The van der Waals surface area contributed by atoms with Crippen LogP contribution in [0.4, 0.5) is 0 Å². The molecule has 1 aliphatic heterocycles. The topological polar surface area (TPSA) is 92.5 Å². The van der Waals surface area contributed by atoms with Crippen molar-refractivity contribution in [2.45, 2.75) is 31.7 Å². The molecule has 2 fully saturated rings. The molecule has 6 nitrogen and oxygen atoms in total. The molecule has 0 radical (unpaired) electrons. The molecule has 1 saturated carbocycles. The van der Waals surface area contributed by atoms with Crippen LogP contribution >= 0.6 is 11.6 Å². The van der Waals surface area contributed by atoms with E-state index in [0.29, 0.717) is 37.4 Å². The molecule has 1 atom stereocenters. The summed E-state index contributed by atoms with van der Waals surface area (Å²) in [4.78, 5) is 37.4. The van der Waals surface area contributed by atoms with Crippen LogP contribution in [-0.2, 0) is 20.8 Å². The zero-order valence-electron chi connectivity index (χ0n) is 13.3. The van der Waals surface area contributed by atoms with Gasteiger partial charge < -0.3 is 16.0 Å². The third kappa shape index (κ3) is 3.38. The van der Waals surface area contributed by atoms with Crippen molar-refractivity contribution >= 4 is 29.3 Å². The quantitative estimate of drug-likeness (QED) is 0.746. The molecular weight excluding hydrogens is 330 g/mol. The maximum absolute atomic E-state index is 12.2. The molecule has 3 rings (SSSR count). The summed E-state index contributed by atoms with van der Waals surface area (Å²) in [6.07, 6.45) is 1.95. The van der Waals surface area contributed by atoms with Crippen molar-refractivity contribution in [2.24, 2.45) is 11.1 Å². The van der Waals surface area contributed by atoms with Gasteiger partial charge in [0.15, 0.2) is 0 Å². The number of amides is 3. The van der Waals surface area contributed by atoms with Crippen molar-refractivity contribution in [1.82, 2.24) is 10.2 Å². The summed E-state index contributed by atoms with van der Waals surface area (Å²) in [5, 5.41) is 3.48. The van der Waals surface area contributed by atoms with E-state index in [1.165, 1.54) is 0 Å². The average Bonchev–Trinajstić information content (AvgIpc) is 3.26. The Kier molecular flexibility index (Phi) is 4.49. The van der Waals surface area contributed by atoms with Crippen LogP contribution in [-0.4, -0.2) is 41.8 Å². The first kappa shape index (κ1) is 16.8. The van der Waals surface area contributed by atoms with Crippen molar-refractivity contribution in [3.63, 3.8) is 0 Å². The number of rotatable bonds is 6. The van der Waals surface area contributed by atoms with Gasteiger partial charge in [-0.3, -0.25) is 14.4 Å². The van der Waals surface area contributed by atoms with Crippen molar-refractivity contribution < 1.29 is 14.4 Å². The fraction of sp³-hybridized carbons (Fsp3) is 0.471. The lowest BCUT2D eigenvalue weighted by molar-refractivity contribution is -0.135. The van der Waals surface area contributed by atoms with Crippen molar-refractivity contribution in [3.8, 4) is 0 Å². The van der Waals surface area contributed by atoms with Crippen LogP contribution in [0.1, 0.15) is 24.8 Å². The van der Waals surface area contributed by atoms with E-state index in [2.05, 4.69) is 5.32 Å². The van der Waals surface area contributed by atoms with Crippen LogP contribution in [0, 0.1) is 5.41 Å². The lowest BCUT2D eigenvalue weighted by Gasteiger charge is -2.18. The Hall–Kier alpha value is -2.08. The summed E-state index contributed by atoms with van der Waals surface area (Å²) in [7, 11) is 0. The van der Waals surface area contributed by atoms with Crippen molar-refractivity contribution in [1.29, 1.82) is 0 Å². The van der Waals surface area contributed by atoms with Gasteiger partial charge >= 0.3 is 0 Å². The molecule has 7 heteroatoms. The fourth-order valence-electron chi connectivity index (χ4n) is 3.08. The highest BCUT2D eigenvalue weighted by atomic mass is 35.5. The summed E-state index contributed by atoms with van der Waals surface area (Å²) in [5.74, 6) is -0.919. The second-order valence-corrected chi connectivity index (χ2v) is 6.98. The second-order valence-electron chi connectivity index (χ2n) is 6.54. The monoisotopic (exact) mass is 349 g/mol. The van der Waals surface area contributed by atoms with Gasteiger partial charge in [-0.15, -0.1) is 0 Å². The largest absolute Gasteiger partial charge is 0.369 e. The Bertz CT molecular complexity index is 687. The number of carbonyl (C=O) groups is 3. The Morgan fingerprint density at radius 2 is 2.12 bits per heavy atom. The van der Waals surface area contributed by atoms with Gasteiger partial charge in [0.2, 0.25) is 17.7 Å². The van der Waals surface area contributed by atoms with Crippen molar-refractivity contribution in [3.05, 3.63) is 34.9 Å². The third-order valence-electron chi connectivity index (χ3n) is 4.77. The standard InChI is InChI=1S/C17H20ClN3O3/c18-12-3-1-2-11(8-12)4-7-21-10-13(9-14(21)22)20-16(24)17(5-6-17)15(19)23/h1-3,8,13H,4-7,9-10H2,(H2,19,23)(H,20,24)/t13-/m1/s1. The number of halogens is 1. The normalized spacial score (nSPS) is 21.6. The van der Waals surface area contributed by atoms with E-state index < -0.39 is 11.3 Å². The van der Waals surface area contributed by atoms with Crippen LogP contribution in [0.2, 0.25) is 5.02 Å². The first-order valence-electron chi connectivity index (χ1n) is 8.04. The van der Waals surface area contributed by atoms with Gasteiger partial charge in [0.1, 0.15) is 5.41 Å². The molecule has 1 saturated heterocycles. The number of carbonyl (C=O) groups excluding carboxylic acids is 3. The second kappa shape index (κ2) is 6.43. The molecule has 0 spiro atoms. The molecule has 3 N–H and O–H groups in total. The van der Waals surface area contributed by atoms with Crippen molar-refractivity contribution in [2.75, 3.05) is 13.1 Å². The first-order valence-corrected chi connectivity index (χ1v) is 8.41. The minimum absolute atomic E-state index is 0.00579. The predicted molar refractivity (Wildman–Crippen MR) is 89.1 cm³/mol. The summed E-state index contributed by atoms with van der Waals surface area (Å²) in [5.41, 5.74) is 5.32. The molecular formula is C17H20ClN3O3. The number of nitrogens with zero attached hydrogens (tertiary/aromatic N) is 1. The smallest absolute Gasteiger partial charge is 0.235 e. The molecule has 1 aromatic carbocycles. The van der Waals surface area contributed by atoms with E-state index in [0.717, 1.165) is 5.56 Å². The fourth-order valence-corrected chi connectivity index (χ4v) is 3.29. The van der Waals surface area contributed by atoms with Crippen LogP contribution in [0.25, 0.3) is 0 Å². The van der Waals surface area contributed by atoms with Gasteiger partial charge in [0.25, 0.3) is 0 Å². The molecule has 1 aliphatic carbocycles. The molecule has 1 aromatic rings. The van der Waals surface area contributed by atoms with E-state index in [4.69, 9.17) is 17.3 Å². The number of nitrogens with two attached hydrogens (primary N) is 1. The Morgan fingerprint density at radius 1 is 1.38 bits per heavy atom. The maximum atomic E-state index is 12.2. The number of benzene rings is 1. The van der Waals surface area contributed by atoms with E-state index >= 15 is 0 Å². The molecule has 0 bridgehead atoms. The maximum Gasteiger partial charge on any atom is 0.235 e. The van der Waals surface area contributed by atoms with E-state index in [9.17, 15) is 14.4 Å². The lowest BCUT2D eigenvalue weighted by Crippen LogP contribution is -2.45. The zero-order chi connectivity index (χ0) is 17.3. The molecule has 3 amide bonds. The molecule has 0 aromatic heterocycles. The molecule has 128 valence electrons. The minimum atomic E-state index is -1.04. The van der Waals surface area contributed by atoms with Crippen LogP contribution in [0.3, 0.4) is 0 Å². The highest BCUT2D eigenvalue weighted by molar-refractivity contribution is 6.30. The van der Waals surface area contributed by atoms with Gasteiger partial charge in [-0.05, 0) is 37.0 Å². The van der Waals surface area contributed by atoms with Gasteiger partial charge in [-0.25, -0.2) is 0 Å². The Balaban J connectivity index is 1.52. The Labute approximate surface area is 145 Å². The SMILES string of the molecule is NC(=O)C1(C(=O)N[C@@H]2CC(=O)N(CCc3cccc(Cl)c3)C2)CC1. The predicted octanol–water partition coefficient (Wildman–Crippen LogP) is 0.865. The minimum Gasteiger partial charge on any atom is -0.369 e. The van der Waals surface area contributed by atoms with Crippen LogP contribution in [0.5, 0.6) is 0 Å². The number of hydrogen-bond acceptors (Lipinski definition) is 3. The summed E-state index contributed by atoms with van der Waals surface area (Å²) in [6.45, 7) is 1.03. The number of hydrogen-bond donors (Lipinski definition) is 2. The van der Waals surface area contributed by atoms with Gasteiger partial charge in [-0.1, -0.05) is 23.7 Å².